The second-order valence-electron chi connectivity index (χ2n) is 3.73. The molecule has 0 aliphatic rings. The van der Waals surface area contributed by atoms with Crippen LogP contribution in [0.5, 0.6) is 0 Å². The van der Waals surface area contributed by atoms with Crippen LogP contribution in [0.3, 0.4) is 0 Å². The lowest BCUT2D eigenvalue weighted by Gasteiger charge is -2.11. The SMILES string of the molecule is CC(C)CCNC(C)c1ncn[nH]1. The van der Waals surface area contributed by atoms with Gasteiger partial charge < -0.3 is 5.32 Å². The summed E-state index contributed by atoms with van der Waals surface area (Å²) >= 11 is 0. The fourth-order valence-corrected chi connectivity index (χ4v) is 1.11. The van der Waals surface area contributed by atoms with E-state index in [0.717, 1.165) is 18.3 Å². The summed E-state index contributed by atoms with van der Waals surface area (Å²) in [7, 11) is 0. The van der Waals surface area contributed by atoms with Crippen LogP contribution in [0.2, 0.25) is 0 Å². The lowest BCUT2D eigenvalue weighted by molar-refractivity contribution is 0.485. The van der Waals surface area contributed by atoms with Crippen molar-refractivity contribution in [3.63, 3.8) is 0 Å². The highest BCUT2D eigenvalue weighted by atomic mass is 15.2. The van der Waals surface area contributed by atoms with E-state index in [-0.39, 0.29) is 6.04 Å². The summed E-state index contributed by atoms with van der Waals surface area (Å²) in [5, 5.41) is 10.0. The summed E-state index contributed by atoms with van der Waals surface area (Å²) in [4.78, 5) is 4.08. The standard InChI is InChI=1S/C9H18N4/c1-7(2)4-5-10-8(3)9-11-6-12-13-9/h6-8,10H,4-5H2,1-3H3,(H,11,12,13). The van der Waals surface area contributed by atoms with Gasteiger partial charge in [-0.3, -0.25) is 5.10 Å². The summed E-state index contributed by atoms with van der Waals surface area (Å²) < 4.78 is 0. The van der Waals surface area contributed by atoms with E-state index in [1.54, 1.807) is 0 Å². The fourth-order valence-electron chi connectivity index (χ4n) is 1.11. The van der Waals surface area contributed by atoms with Crippen LogP contribution >= 0.6 is 0 Å². The van der Waals surface area contributed by atoms with E-state index in [1.165, 1.54) is 12.7 Å². The molecule has 0 spiro atoms. The van der Waals surface area contributed by atoms with Crippen molar-refractivity contribution in [3.05, 3.63) is 12.2 Å². The molecule has 0 bridgehead atoms. The Morgan fingerprint density at radius 2 is 2.23 bits per heavy atom. The molecule has 0 aliphatic heterocycles. The predicted molar refractivity (Wildman–Crippen MR) is 52.3 cm³/mol. The second kappa shape index (κ2) is 4.97. The molecule has 1 atom stereocenters. The van der Waals surface area contributed by atoms with Gasteiger partial charge in [0.2, 0.25) is 0 Å². The Bertz CT molecular complexity index is 218. The average molecular weight is 182 g/mol. The lowest BCUT2D eigenvalue weighted by atomic mass is 10.1. The molecule has 0 saturated carbocycles. The molecule has 13 heavy (non-hydrogen) atoms. The van der Waals surface area contributed by atoms with Crippen LogP contribution < -0.4 is 5.32 Å². The molecule has 0 fully saturated rings. The van der Waals surface area contributed by atoms with Gasteiger partial charge in [-0.2, -0.15) is 5.10 Å². The van der Waals surface area contributed by atoms with Crippen molar-refractivity contribution in [1.82, 2.24) is 20.5 Å². The molecule has 0 aromatic carbocycles. The molecule has 2 N–H and O–H groups in total. The smallest absolute Gasteiger partial charge is 0.141 e. The zero-order chi connectivity index (χ0) is 9.68. The van der Waals surface area contributed by atoms with E-state index >= 15 is 0 Å². The summed E-state index contributed by atoms with van der Waals surface area (Å²) in [6, 6.07) is 0.265. The Morgan fingerprint density at radius 1 is 1.46 bits per heavy atom. The van der Waals surface area contributed by atoms with E-state index in [2.05, 4.69) is 41.3 Å². The molecule has 4 nitrogen and oxygen atoms in total. The molecule has 0 saturated heterocycles. The van der Waals surface area contributed by atoms with E-state index in [1.807, 2.05) is 0 Å². The van der Waals surface area contributed by atoms with Crippen LogP contribution in [-0.2, 0) is 0 Å². The monoisotopic (exact) mass is 182 g/mol. The van der Waals surface area contributed by atoms with Crippen LogP contribution in [0.1, 0.15) is 39.1 Å². The summed E-state index contributed by atoms with van der Waals surface area (Å²) in [6.45, 7) is 7.56. The van der Waals surface area contributed by atoms with Gasteiger partial charge in [-0.05, 0) is 25.8 Å². The zero-order valence-electron chi connectivity index (χ0n) is 8.54. The first-order valence-electron chi connectivity index (χ1n) is 4.78. The first-order valence-corrected chi connectivity index (χ1v) is 4.78. The van der Waals surface area contributed by atoms with Gasteiger partial charge in [0, 0.05) is 0 Å². The molecule has 1 aromatic heterocycles. The first kappa shape index (κ1) is 10.2. The van der Waals surface area contributed by atoms with Gasteiger partial charge in [0.05, 0.1) is 6.04 Å². The van der Waals surface area contributed by atoms with E-state index < -0.39 is 0 Å². The number of hydrogen-bond donors (Lipinski definition) is 2. The zero-order valence-corrected chi connectivity index (χ0v) is 8.54. The highest BCUT2D eigenvalue weighted by Gasteiger charge is 2.06. The van der Waals surface area contributed by atoms with Crippen LogP contribution in [0, 0.1) is 5.92 Å². The van der Waals surface area contributed by atoms with Gasteiger partial charge in [-0.15, -0.1) is 0 Å². The molecule has 1 heterocycles. The number of rotatable bonds is 5. The number of nitrogens with zero attached hydrogens (tertiary/aromatic N) is 2. The molecular weight excluding hydrogens is 164 g/mol. The third-order valence-corrected chi connectivity index (χ3v) is 2.02. The summed E-state index contributed by atoms with van der Waals surface area (Å²) in [5.41, 5.74) is 0. The fraction of sp³-hybridized carbons (Fsp3) is 0.778. The molecule has 74 valence electrons. The Balaban J connectivity index is 2.22. The van der Waals surface area contributed by atoms with E-state index in [4.69, 9.17) is 0 Å². The minimum atomic E-state index is 0.265. The van der Waals surface area contributed by atoms with Crippen molar-refractivity contribution in [2.75, 3.05) is 6.54 Å². The Kier molecular flexibility index (Phi) is 3.89. The molecule has 1 rings (SSSR count). The molecule has 1 aromatic rings. The number of hydrogen-bond acceptors (Lipinski definition) is 3. The van der Waals surface area contributed by atoms with Crippen molar-refractivity contribution in [3.8, 4) is 0 Å². The molecule has 0 aliphatic carbocycles. The van der Waals surface area contributed by atoms with Crippen LogP contribution in [0.25, 0.3) is 0 Å². The summed E-state index contributed by atoms with van der Waals surface area (Å²) in [6.07, 6.45) is 2.73. The molecule has 0 radical (unpaired) electrons. The summed E-state index contributed by atoms with van der Waals surface area (Å²) in [5.74, 6) is 1.65. The number of aromatic nitrogens is 3. The van der Waals surface area contributed by atoms with Crippen molar-refractivity contribution < 1.29 is 0 Å². The second-order valence-corrected chi connectivity index (χ2v) is 3.73. The molecule has 0 amide bonds. The van der Waals surface area contributed by atoms with Gasteiger partial charge in [0.25, 0.3) is 0 Å². The number of aromatic amines is 1. The molecular formula is C9H18N4. The maximum Gasteiger partial charge on any atom is 0.141 e. The quantitative estimate of drug-likeness (QED) is 0.725. The first-order chi connectivity index (χ1) is 6.20. The Hall–Kier alpha value is -0.900. The number of H-pyrrole nitrogens is 1. The normalized spacial score (nSPS) is 13.5. The van der Waals surface area contributed by atoms with Crippen molar-refractivity contribution >= 4 is 0 Å². The van der Waals surface area contributed by atoms with Crippen LogP contribution in [-0.4, -0.2) is 21.7 Å². The molecule has 4 heteroatoms. The van der Waals surface area contributed by atoms with E-state index in [9.17, 15) is 0 Å². The third kappa shape index (κ3) is 3.55. The van der Waals surface area contributed by atoms with Crippen molar-refractivity contribution in [1.29, 1.82) is 0 Å². The topological polar surface area (TPSA) is 53.6 Å². The Morgan fingerprint density at radius 3 is 2.77 bits per heavy atom. The third-order valence-electron chi connectivity index (χ3n) is 2.02. The van der Waals surface area contributed by atoms with Gasteiger partial charge in [0.15, 0.2) is 0 Å². The maximum atomic E-state index is 4.08. The average Bonchev–Trinajstić information content (AvgIpc) is 2.55. The minimum absolute atomic E-state index is 0.265. The van der Waals surface area contributed by atoms with Gasteiger partial charge in [0.1, 0.15) is 12.2 Å². The van der Waals surface area contributed by atoms with Gasteiger partial charge in [-0.25, -0.2) is 4.98 Å². The van der Waals surface area contributed by atoms with Crippen molar-refractivity contribution in [2.45, 2.75) is 33.2 Å². The van der Waals surface area contributed by atoms with Gasteiger partial charge in [-0.1, -0.05) is 13.8 Å². The molecule has 1 unspecified atom stereocenters. The van der Waals surface area contributed by atoms with Gasteiger partial charge >= 0.3 is 0 Å². The van der Waals surface area contributed by atoms with Crippen molar-refractivity contribution in [2.24, 2.45) is 5.92 Å². The van der Waals surface area contributed by atoms with E-state index in [0.29, 0.717) is 0 Å². The highest BCUT2D eigenvalue weighted by molar-refractivity contribution is 4.88. The predicted octanol–water partition coefficient (Wildman–Crippen LogP) is 1.50. The highest BCUT2D eigenvalue weighted by Crippen LogP contribution is 2.05. The largest absolute Gasteiger partial charge is 0.308 e. The van der Waals surface area contributed by atoms with Crippen LogP contribution in [0.4, 0.5) is 0 Å². The van der Waals surface area contributed by atoms with Crippen LogP contribution in [0.15, 0.2) is 6.33 Å². The minimum Gasteiger partial charge on any atom is -0.308 e. The number of nitrogens with one attached hydrogen (secondary N) is 2. The lowest BCUT2D eigenvalue weighted by Crippen LogP contribution is -2.21. The maximum absolute atomic E-state index is 4.08. The Labute approximate surface area is 79.2 Å².